The Bertz CT molecular complexity index is 795. The first kappa shape index (κ1) is 18.3. The average molecular weight is 370 g/mol. The Balaban J connectivity index is 1.62. The Labute approximate surface area is 157 Å². The van der Waals surface area contributed by atoms with Crippen molar-refractivity contribution in [1.82, 2.24) is 4.90 Å². The molecule has 0 saturated carbocycles. The smallest absolute Gasteiger partial charge is 0.411 e. The van der Waals surface area contributed by atoms with Crippen LogP contribution in [0, 0.1) is 13.8 Å². The van der Waals surface area contributed by atoms with Crippen LogP contribution in [0.25, 0.3) is 0 Å². The summed E-state index contributed by atoms with van der Waals surface area (Å²) in [7, 11) is 0. The molecule has 2 aromatic rings. The molecule has 0 bridgehead atoms. The molecular formula is C20H22N2O3S. The van der Waals surface area contributed by atoms with E-state index in [4.69, 9.17) is 4.74 Å². The van der Waals surface area contributed by atoms with Crippen LogP contribution >= 0.6 is 11.8 Å². The maximum absolute atomic E-state index is 12.7. The number of thioether (sulfide) groups is 1. The molecule has 0 radical (unpaired) electrons. The standard InChI is InChI=1S/C20H22N2O3S/c1-14-8-9-15(2)17(10-14)21-19(23)18-12-26-13-22(18)20(24)25-11-16-6-4-3-5-7-16/h3-10,18H,11-13H2,1-2H3,(H,21,23)/t18-/m0/s1. The van der Waals surface area contributed by atoms with Gasteiger partial charge in [-0.3, -0.25) is 9.69 Å². The van der Waals surface area contributed by atoms with Crippen LogP contribution in [0.4, 0.5) is 10.5 Å². The van der Waals surface area contributed by atoms with Crippen molar-refractivity contribution in [3.63, 3.8) is 0 Å². The molecule has 0 unspecified atom stereocenters. The Morgan fingerprint density at radius 1 is 1.19 bits per heavy atom. The van der Waals surface area contributed by atoms with Gasteiger partial charge in [-0.1, -0.05) is 42.5 Å². The molecule has 1 saturated heterocycles. The highest BCUT2D eigenvalue weighted by molar-refractivity contribution is 7.99. The van der Waals surface area contributed by atoms with Crippen molar-refractivity contribution in [1.29, 1.82) is 0 Å². The number of amides is 2. The zero-order valence-corrected chi connectivity index (χ0v) is 15.7. The summed E-state index contributed by atoms with van der Waals surface area (Å²) in [5, 5.41) is 2.95. The first-order chi connectivity index (χ1) is 12.5. The fourth-order valence-electron chi connectivity index (χ4n) is 2.73. The minimum atomic E-state index is -0.525. The average Bonchev–Trinajstić information content (AvgIpc) is 3.13. The molecule has 1 heterocycles. The zero-order chi connectivity index (χ0) is 18.5. The normalized spacial score (nSPS) is 16.4. The summed E-state index contributed by atoms with van der Waals surface area (Å²) >= 11 is 1.55. The second-order valence-corrected chi connectivity index (χ2v) is 7.33. The number of carbonyl (C=O) groups excluding carboxylic acids is 2. The SMILES string of the molecule is Cc1ccc(C)c(NC(=O)[C@@H]2CSCN2C(=O)OCc2ccccc2)c1. The topological polar surface area (TPSA) is 58.6 Å². The maximum atomic E-state index is 12.7. The van der Waals surface area contributed by atoms with Crippen molar-refractivity contribution in [2.24, 2.45) is 0 Å². The summed E-state index contributed by atoms with van der Waals surface area (Å²) in [6.45, 7) is 4.13. The molecule has 136 valence electrons. The van der Waals surface area contributed by atoms with Crippen LogP contribution < -0.4 is 5.32 Å². The van der Waals surface area contributed by atoms with Gasteiger partial charge in [0.2, 0.25) is 5.91 Å². The molecule has 26 heavy (non-hydrogen) atoms. The van der Waals surface area contributed by atoms with Gasteiger partial charge in [0.05, 0.1) is 5.88 Å². The van der Waals surface area contributed by atoms with Crippen LogP contribution in [0.5, 0.6) is 0 Å². The van der Waals surface area contributed by atoms with E-state index >= 15 is 0 Å². The highest BCUT2D eigenvalue weighted by Gasteiger charge is 2.35. The summed E-state index contributed by atoms with van der Waals surface area (Å²) in [5.74, 6) is 0.843. The molecule has 5 nitrogen and oxygen atoms in total. The quantitative estimate of drug-likeness (QED) is 0.885. The number of nitrogens with zero attached hydrogens (tertiary/aromatic N) is 1. The molecule has 1 atom stereocenters. The van der Waals surface area contributed by atoms with E-state index in [2.05, 4.69) is 5.32 Å². The lowest BCUT2D eigenvalue weighted by atomic mass is 10.1. The van der Waals surface area contributed by atoms with Crippen molar-refractivity contribution in [2.45, 2.75) is 26.5 Å². The predicted octanol–water partition coefficient (Wildman–Crippen LogP) is 3.95. The number of carbonyl (C=O) groups is 2. The largest absolute Gasteiger partial charge is 0.445 e. The van der Waals surface area contributed by atoms with E-state index in [0.717, 1.165) is 22.4 Å². The third-order valence-electron chi connectivity index (χ3n) is 4.28. The molecule has 0 spiro atoms. The van der Waals surface area contributed by atoms with Gasteiger partial charge in [0.1, 0.15) is 12.6 Å². The summed E-state index contributed by atoms with van der Waals surface area (Å²) < 4.78 is 5.38. The first-order valence-electron chi connectivity index (χ1n) is 8.48. The summed E-state index contributed by atoms with van der Waals surface area (Å²) in [6.07, 6.45) is -0.458. The van der Waals surface area contributed by atoms with Crippen molar-refractivity contribution < 1.29 is 14.3 Å². The van der Waals surface area contributed by atoms with E-state index in [9.17, 15) is 9.59 Å². The van der Waals surface area contributed by atoms with E-state index in [-0.39, 0.29) is 12.5 Å². The van der Waals surface area contributed by atoms with Crippen molar-refractivity contribution in [3.8, 4) is 0 Å². The highest BCUT2D eigenvalue weighted by Crippen LogP contribution is 2.24. The number of anilines is 1. The monoisotopic (exact) mass is 370 g/mol. The minimum Gasteiger partial charge on any atom is -0.445 e. The van der Waals surface area contributed by atoms with Gasteiger partial charge in [-0.2, -0.15) is 0 Å². The lowest BCUT2D eigenvalue weighted by Crippen LogP contribution is -2.44. The molecule has 1 aliphatic rings. The highest BCUT2D eigenvalue weighted by atomic mass is 32.2. The van der Waals surface area contributed by atoms with Crippen LogP contribution in [-0.4, -0.2) is 34.6 Å². The fraction of sp³-hybridized carbons (Fsp3) is 0.300. The van der Waals surface area contributed by atoms with Gasteiger partial charge in [0.15, 0.2) is 0 Å². The molecule has 2 aromatic carbocycles. The number of aryl methyl sites for hydroxylation is 2. The number of nitrogens with one attached hydrogen (secondary N) is 1. The molecule has 0 aliphatic carbocycles. The molecule has 1 N–H and O–H groups in total. The van der Waals surface area contributed by atoms with Gasteiger partial charge >= 0.3 is 6.09 Å². The lowest BCUT2D eigenvalue weighted by Gasteiger charge is -2.23. The number of hydrogen-bond donors (Lipinski definition) is 1. The Hall–Kier alpha value is -2.47. The zero-order valence-electron chi connectivity index (χ0n) is 14.9. The van der Waals surface area contributed by atoms with Gasteiger partial charge in [-0.05, 0) is 36.6 Å². The predicted molar refractivity (Wildman–Crippen MR) is 104 cm³/mol. The Morgan fingerprint density at radius 2 is 1.96 bits per heavy atom. The van der Waals surface area contributed by atoms with Gasteiger partial charge in [-0.15, -0.1) is 11.8 Å². The Kier molecular flexibility index (Phi) is 5.83. The van der Waals surface area contributed by atoms with E-state index < -0.39 is 12.1 Å². The maximum Gasteiger partial charge on any atom is 0.411 e. The van der Waals surface area contributed by atoms with Gasteiger partial charge in [-0.25, -0.2) is 4.79 Å². The Morgan fingerprint density at radius 3 is 2.73 bits per heavy atom. The number of rotatable bonds is 4. The first-order valence-corrected chi connectivity index (χ1v) is 9.63. The van der Waals surface area contributed by atoms with Gasteiger partial charge < -0.3 is 10.1 Å². The molecule has 1 fully saturated rings. The van der Waals surface area contributed by atoms with Crippen LogP contribution in [0.15, 0.2) is 48.5 Å². The van der Waals surface area contributed by atoms with Crippen molar-refractivity contribution >= 4 is 29.4 Å². The van der Waals surface area contributed by atoms with Crippen LogP contribution in [0.3, 0.4) is 0 Å². The molecule has 1 aliphatic heterocycles. The summed E-state index contributed by atoms with van der Waals surface area (Å²) in [6, 6.07) is 14.9. The number of benzene rings is 2. The summed E-state index contributed by atoms with van der Waals surface area (Å²) in [5.41, 5.74) is 3.77. The van der Waals surface area contributed by atoms with Crippen molar-refractivity contribution in [2.75, 3.05) is 16.9 Å². The second kappa shape index (κ2) is 8.27. The second-order valence-electron chi connectivity index (χ2n) is 6.33. The molecular weight excluding hydrogens is 348 g/mol. The molecule has 2 amide bonds. The third-order valence-corrected chi connectivity index (χ3v) is 5.29. The number of hydrogen-bond acceptors (Lipinski definition) is 4. The minimum absolute atomic E-state index is 0.180. The van der Waals surface area contributed by atoms with Gasteiger partial charge in [0.25, 0.3) is 0 Å². The summed E-state index contributed by atoms with van der Waals surface area (Å²) in [4.78, 5) is 26.6. The van der Waals surface area contributed by atoms with E-state index in [1.165, 1.54) is 4.90 Å². The van der Waals surface area contributed by atoms with Crippen LogP contribution in [0.1, 0.15) is 16.7 Å². The number of ether oxygens (including phenoxy) is 1. The van der Waals surface area contributed by atoms with Crippen LogP contribution in [-0.2, 0) is 16.1 Å². The molecule has 3 rings (SSSR count). The van der Waals surface area contributed by atoms with E-state index in [1.54, 1.807) is 11.8 Å². The van der Waals surface area contributed by atoms with Crippen LogP contribution in [0.2, 0.25) is 0 Å². The van der Waals surface area contributed by atoms with E-state index in [1.807, 2.05) is 62.4 Å². The third kappa shape index (κ3) is 4.38. The van der Waals surface area contributed by atoms with Crippen molar-refractivity contribution in [3.05, 3.63) is 65.2 Å². The van der Waals surface area contributed by atoms with Gasteiger partial charge in [0, 0.05) is 11.4 Å². The molecule has 6 heteroatoms. The fourth-order valence-corrected chi connectivity index (χ4v) is 3.87. The lowest BCUT2D eigenvalue weighted by molar-refractivity contribution is -0.119. The molecule has 0 aromatic heterocycles. The van der Waals surface area contributed by atoms with E-state index in [0.29, 0.717) is 11.6 Å².